The van der Waals surface area contributed by atoms with Crippen LogP contribution in [0.15, 0.2) is 66.7 Å². The second-order valence-corrected chi connectivity index (χ2v) is 8.05. The molecule has 35 heavy (non-hydrogen) atoms. The Morgan fingerprint density at radius 3 is 2.29 bits per heavy atom. The molecule has 4 rings (SSSR count). The third-order valence-corrected chi connectivity index (χ3v) is 5.79. The van der Waals surface area contributed by atoms with Gasteiger partial charge in [0, 0.05) is 32.3 Å². The molecule has 9 heteroatoms. The second-order valence-electron chi connectivity index (χ2n) is 8.05. The standard InChI is InChI=1S/C26H23F2N3O4/c1-31-21-10-6-5-8-19(21)18-7-3-4-9-20(18)22(26(31)34)30-25(33)23(35-2)24(32)29-14-15-11-16(27)13-17(28)12-15/h3-13,22-23H,14H2,1-2H3,(H,29,32)(H,30,33). The lowest BCUT2D eigenvalue weighted by molar-refractivity contribution is -0.144. The minimum Gasteiger partial charge on any atom is -0.362 e. The number of nitrogens with zero attached hydrogens (tertiary/aromatic N) is 1. The van der Waals surface area contributed by atoms with Gasteiger partial charge >= 0.3 is 0 Å². The predicted molar refractivity (Wildman–Crippen MR) is 125 cm³/mol. The molecule has 2 atom stereocenters. The number of rotatable bonds is 6. The van der Waals surface area contributed by atoms with Gasteiger partial charge in [0.2, 0.25) is 6.10 Å². The summed E-state index contributed by atoms with van der Waals surface area (Å²) in [6, 6.07) is 16.4. The Bertz CT molecular complexity index is 1280. The Kier molecular flexibility index (Phi) is 6.88. The number of likely N-dealkylation sites (N-methyl/N-ethyl adjacent to an activating group) is 1. The van der Waals surface area contributed by atoms with E-state index < -0.39 is 35.6 Å². The number of benzene rings is 3. The first-order chi connectivity index (χ1) is 16.8. The SMILES string of the molecule is COC(C(=O)NCc1cc(F)cc(F)c1)C(=O)NC1C(=O)N(C)c2ccccc2-c2ccccc21. The number of hydrogen-bond donors (Lipinski definition) is 2. The highest BCUT2D eigenvalue weighted by Gasteiger charge is 2.36. The van der Waals surface area contributed by atoms with E-state index in [0.29, 0.717) is 17.3 Å². The Labute approximate surface area is 200 Å². The van der Waals surface area contributed by atoms with Gasteiger partial charge in [0.25, 0.3) is 17.7 Å². The van der Waals surface area contributed by atoms with E-state index in [1.165, 1.54) is 12.0 Å². The van der Waals surface area contributed by atoms with Crippen molar-refractivity contribution in [3.8, 4) is 11.1 Å². The first-order valence-electron chi connectivity index (χ1n) is 10.8. The van der Waals surface area contributed by atoms with E-state index in [2.05, 4.69) is 10.6 Å². The molecule has 0 aromatic heterocycles. The molecule has 1 aliphatic heterocycles. The van der Waals surface area contributed by atoms with Crippen molar-refractivity contribution in [2.45, 2.75) is 18.7 Å². The van der Waals surface area contributed by atoms with Gasteiger partial charge in [0.15, 0.2) is 0 Å². The van der Waals surface area contributed by atoms with Gasteiger partial charge in [-0.15, -0.1) is 0 Å². The lowest BCUT2D eigenvalue weighted by atomic mass is 9.95. The van der Waals surface area contributed by atoms with Gasteiger partial charge in [-0.05, 0) is 34.9 Å². The maximum atomic E-state index is 13.4. The van der Waals surface area contributed by atoms with Crippen LogP contribution < -0.4 is 15.5 Å². The van der Waals surface area contributed by atoms with Gasteiger partial charge in [0.1, 0.15) is 17.7 Å². The number of hydrogen-bond acceptors (Lipinski definition) is 4. The van der Waals surface area contributed by atoms with Crippen molar-refractivity contribution >= 4 is 23.4 Å². The first-order valence-corrected chi connectivity index (χ1v) is 10.8. The minimum absolute atomic E-state index is 0.179. The molecule has 180 valence electrons. The monoisotopic (exact) mass is 479 g/mol. The molecular formula is C26H23F2N3O4. The molecule has 1 heterocycles. The number of amides is 3. The van der Waals surface area contributed by atoms with Gasteiger partial charge in [-0.1, -0.05) is 42.5 Å². The average molecular weight is 479 g/mol. The van der Waals surface area contributed by atoms with Crippen LogP contribution in [-0.2, 0) is 25.7 Å². The second kappa shape index (κ2) is 10.0. The van der Waals surface area contributed by atoms with E-state index in [1.807, 2.05) is 36.4 Å². The van der Waals surface area contributed by atoms with Gasteiger partial charge in [-0.2, -0.15) is 0 Å². The van der Waals surface area contributed by atoms with E-state index >= 15 is 0 Å². The number of anilines is 1. The Morgan fingerprint density at radius 1 is 0.971 bits per heavy atom. The molecule has 0 saturated carbocycles. The number of ether oxygens (including phenoxy) is 1. The zero-order valence-electron chi connectivity index (χ0n) is 19.0. The van der Waals surface area contributed by atoms with Crippen LogP contribution in [0.3, 0.4) is 0 Å². The molecule has 2 N–H and O–H groups in total. The lowest BCUT2D eigenvalue weighted by Gasteiger charge is -2.24. The fraction of sp³-hybridized carbons (Fsp3) is 0.192. The van der Waals surface area contributed by atoms with E-state index in [1.54, 1.807) is 19.2 Å². The van der Waals surface area contributed by atoms with Crippen molar-refractivity contribution < 1.29 is 27.9 Å². The number of carbonyl (C=O) groups is 3. The van der Waals surface area contributed by atoms with Gasteiger partial charge in [0.05, 0.1) is 5.69 Å². The Hall–Kier alpha value is -4.11. The van der Waals surface area contributed by atoms with Crippen LogP contribution in [-0.4, -0.2) is 38.0 Å². The summed E-state index contributed by atoms with van der Waals surface area (Å²) < 4.78 is 31.9. The molecule has 3 aromatic rings. The van der Waals surface area contributed by atoms with Crippen molar-refractivity contribution in [2.24, 2.45) is 0 Å². The fourth-order valence-corrected chi connectivity index (χ4v) is 4.12. The molecule has 2 unspecified atom stereocenters. The number of para-hydroxylation sites is 1. The van der Waals surface area contributed by atoms with Crippen molar-refractivity contribution in [3.63, 3.8) is 0 Å². The highest BCUT2D eigenvalue weighted by molar-refractivity contribution is 6.09. The highest BCUT2D eigenvalue weighted by Crippen LogP contribution is 2.39. The van der Waals surface area contributed by atoms with Crippen LogP contribution in [0.5, 0.6) is 0 Å². The summed E-state index contributed by atoms with van der Waals surface area (Å²) in [5, 5.41) is 5.08. The van der Waals surface area contributed by atoms with Gasteiger partial charge in [-0.25, -0.2) is 8.78 Å². The molecule has 3 aromatic carbocycles. The van der Waals surface area contributed by atoms with Gasteiger partial charge in [-0.3, -0.25) is 14.4 Å². The van der Waals surface area contributed by atoms with Gasteiger partial charge < -0.3 is 20.3 Å². The van der Waals surface area contributed by atoms with Crippen LogP contribution >= 0.6 is 0 Å². The third-order valence-electron chi connectivity index (χ3n) is 5.79. The molecule has 0 aliphatic carbocycles. The number of carbonyl (C=O) groups excluding carboxylic acids is 3. The van der Waals surface area contributed by atoms with E-state index in [-0.39, 0.29) is 18.0 Å². The maximum Gasteiger partial charge on any atom is 0.259 e. The zero-order valence-corrected chi connectivity index (χ0v) is 19.0. The van der Waals surface area contributed by atoms with Crippen LogP contribution in [0.4, 0.5) is 14.5 Å². The Morgan fingerprint density at radius 2 is 1.60 bits per heavy atom. The van der Waals surface area contributed by atoms with E-state index in [0.717, 1.165) is 23.3 Å². The number of methoxy groups -OCH3 is 1. The largest absolute Gasteiger partial charge is 0.362 e. The zero-order chi connectivity index (χ0) is 25.1. The third kappa shape index (κ3) is 4.90. The normalized spacial score (nSPS) is 15.5. The lowest BCUT2D eigenvalue weighted by Crippen LogP contribution is -2.50. The molecule has 0 saturated heterocycles. The molecule has 0 bridgehead atoms. The number of nitrogens with one attached hydrogen (secondary N) is 2. The minimum atomic E-state index is -1.59. The van der Waals surface area contributed by atoms with Crippen LogP contribution in [0.25, 0.3) is 11.1 Å². The molecule has 3 amide bonds. The van der Waals surface area contributed by atoms with Crippen molar-refractivity contribution in [1.82, 2.24) is 10.6 Å². The summed E-state index contributed by atoms with van der Waals surface area (Å²) in [6.07, 6.45) is -1.59. The molecule has 0 spiro atoms. The molecular weight excluding hydrogens is 456 g/mol. The quantitative estimate of drug-likeness (QED) is 0.532. The topological polar surface area (TPSA) is 87.7 Å². The van der Waals surface area contributed by atoms with Crippen molar-refractivity contribution in [3.05, 3.63) is 89.5 Å². The average Bonchev–Trinajstić information content (AvgIpc) is 2.92. The van der Waals surface area contributed by atoms with E-state index in [4.69, 9.17) is 4.74 Å². The summed E-state index contributed by atoms with van der Waals surface area (Å²) in [7, 11) is 2.79. The van der Waals surface area contributed by atoms with Crippen LogP contribution in [0.2, 0.25) is 0 Å². The summed E-state index contributed by atoms with van der Waals surface area (Å²) >= 11 is 0. The number of halogens is 2. The molecule has 0 fully saturated rings. The van der Waals surface area contributed by atoms with E-state index in [9.17, 15) is 23.2 Å². The Balaban J connectivity index is 1.55. The van der Waals surface area contributed by atoms with Crippen LogP contribution in [0.1, 0.15) is 17.2 Å². The summed E-state index contributed by atoms with van der Waals surface area (Å²) in [5.41, 5.74) is 3.05. The summed E-state index contributed by atoms with van der Waals surface area (Å²) in [4.78, 5) is 40.5. The summed E-state index contributed by atoms with van der Waals surface area (Å²) in [5.74, 6) is -3.61. The highest BCUT2D eigenvalue weighted by atomic mass is 19.1. The molecule has 7 nitrogen and oxygen atoms in total. The smallest absolute Gasteiger partial charge is 0.259 e. The number of fused-ring (bicyclic) bond motifs is 3. The van der Waals surface area contributed by atoms with Crippen LogP contribution in [0, 0.1) is 11.6 Å². The maximum absolute atomic E-state index is 13.4. The fourth-order valence-electron chi connectivity index (χ4n) is 4.12. The van der Waals surface area contributed by atoms with Crippen molar-refractivity contribution in [2.75, 3.05) is 19.1 Å². The molecule has 1 aliphatic rings. The first kappa shape index (κ1) is 24.0. The predicted octanol–water partition coefficient (Wildman–Crippen LogP) is 3.10. The van der Waals surface area contributed by atoms with Crippen molar-refractivity contribution in [1.29, 1.82) is 0 Å². The summed E-state index contributed by atoms with van der Waals surface area (Å²) in [6.45, 7) is -0.218. The molecule has 0 radical (unpaired) electrons.